The second-order valence-electron chi connectivity index (χ2n) is 5.35. The zero-order valence-electron chi connectivity index (χ0n) is 11.7. The standard InChI is InChI=1S/C16H22FNO2/c17-15-8-4-3-7-14(15)16(20)9-10-18(11-12-19)13-5-1-2-6-13/h3-4,7-8,13,19H,1-2,5-6,9-12H2. The lowest BCUT2D eigenvalue weighted by atomic mass is 10.1. The van der Waals surface area contributed by atoms with Crippen molar-refractivity contribution in [1.82, 2.24) is 4.90 Å². The lowest BCUT2D eigenvalue weighted by Crippen LogP contribution is -2.37. The van der Waals surface area contributed by atoms with E-state index in [-0.39, 0.29) is 18.0 Å². The first-order valence-electron chi connectivity index (χ1n) is 7.35. The van der Waals surface area contributed by atoms with Crippen LogP contribution in [0, 0.1) is 5.82 Å². The minimum atomic E-state index is -0.452. The van der Waals surface area contributed by atoms with Crippen molar-refractivity contribution in [3.05, 3.63) is 35.6 Å². The van der Waals surface area contributed by atoms with Gasteiger partial charge in [-0.25, -0.2) is 4.39 Å². The molecule has 0 atom stereocenters. The molecule has 0 heterocycles. The van der Waals surface area contributed by atoms with Gasteiger partial charge >= 0.3 is 0 Å². The van der Waals surface area contributed by atoms with Gasteiger partial charge in [-0.15, -0.1) is 0 Å². The summed E-state index contributed by atoms with van der Waals surface area (Å²) in [6.07, 6.45) is 5.00. The van der Waals surface area contributed by atoms with E-state index in [1.807, 2.05) is 0 Å². The van der Waals surface area contributed by atoms with Gasteiger partial charge in [0.15, 0.2) is 5.78 Å². The number of hydrogen-bond acceptors (Lipinski definition) is 3. The van der Waals surface area contributed by atoms with E-state index in [0.717, 1.165) is 12.8 Å². The first-order chi connectivity index (χ1) is 9.72. The van der Waals surface area contributed by atoms with Gasteiger partial charge in [-0.2, -0.15) is 0 Å². The molecule has 0 bridgehead atoms. The fourth-order valence-corrected chi connectivity index (χ4v) is 2.94. The van der Waals surface area contributed by atoms with Crippen molar-refractivity contribution >= 4 is 5.78 Å². The molecule has 3 nitrogen and oxygen atoms in total. The number of aliphatic hydroxyl groups is 1. The molecule has 1 saturated carbocycles. The summed E-state index contributed by atoms with van der Waals surface area (Å²) in [5.74, 6) is -0.615. The molecule has 1 aromatic rings. The number of halogens is 1. The second-order valence-corrected chi connectivity index (χ2v) is 5.35. The molecule has 0 radical (unpaired) electrons. The van der Waals surface area contributed by atoms with Gasteiger partial charge in [-0.1, -0.05) is 25.0 Å². The highest BCUT2D eigenvalue weighted by Gasteiger charge is 2.23. The van der Waals surface area contributed by atoms with Crippen LogP contribution in [0.15, 0.2) is 24.3 Å². The summed E-state index contributed by atoms with van der Waals surface area (Å²) in [4.78, 5) is 14.2. The minimum absolute atomic E-state index is 0.102. The van der Waals surface area contributed by atoms with Gasteiger partial charge in [0.25, 0.3) is 0 Å². The Bertz CT molecular complexity index is 444. The van der Waals surface area contributed by atoms with E-state index in [1.54, 1.807) is 12.1 Å². The van der Waals surface area contributed by atoms with Gasteiger partial charge in [-0.05, 0) is 25.0 Å². The third-order valence-electron chi connectivity index (χ3n) is 4.03. The third kappa shape index (κ3) is 3.87. The molecule has 20 heavy (non-hydrogen) atoms. The zero-order chi connectivity index (χ0) is 14.4. The number of ketones is 1. The van der Waals surface area contributed by atoms with Crippen LogP contribution in [0.4, 0.5) is 4.39 Å². The van der Waals surface area contributed by atoms with Crippen LogP contribution >= 0.6 is 0 Å². The van der Waals surface area contributed by atoms with Crippen molar-refractivity contribution in [3.63, 3.8) is 0 Å². The number of aliphatic hydroxyl groups excluding tert-OH is 1. The largest absolute Gasteiger partial charge is 0.395 e. The maximum Gasteiger partial charge on any atom is 0.167 e. The molecule has 4 heteroatoms. The smallest absolute Gasteiger partial charge is 0.167 e. The summed E-state index contributed by atoms with van der Waals surface area (Å²) in [7, 11) is 0. The molecule has 1 aromatic carbocycles. The van der Waals surface area contributed by atoms with Crippen molar-refractivity contribution in [1.29, 1.82) is 0 Å². The highest BCUT2D eigenvalue weighted by atomic mass is 19.1. The Morgan fingerprint density at radius 2 is 1.95 bits per heavy atom. The topological polar surface area (TPSA) is 40.5 Å². The summed E-state index contributed by atoms with van der Waals surface area (Å²) in [5, 5.41) is 9.14. The Morgan fingerprint density at radius 1 is 1.25 bits per heavy atom. The van der Waals surface area contributed by atoms with E-state index >= 15 is 0 Å². The van der Waals surface area contributed by atoms with Crippen LogP contribution in [0.5, 0.6) is 0 Å². The van der Waals surface area contributed by atoms with Gasteiger partial charge in [0.2, 0.25) is 0 Å². The monoisotopic (exact) mass is 279 g/mol. The van der Waals surface area contributed by atoms with Gasteiger partial charge < -0.3 is 5.11 Å². The van der Waals surface area contributed by atoms with Crippen LogP contribution in [-0.4, -0.2) is 41.5 Å². The predicted octanol–water partition coefficient (Wildman–Crippen LogP) is 2.64. The number of hydrogen-bond donors (Lipinski definition) is 1. The molecule has 0 aromatic heterocycles. The minimum Gasteiger partial charge on any atom is -0.395 e. The van der Waals surface area contributed by atoms with Gasteiger partial charge in [0.1, 0.15) is 5.82 Å². The summed E-state index contributed by atoms with van der Waals surface area (Å²) in [6.45, 7) is 1.29. The van der Waals surface area contributed by atoms with Crippen LogP contribution in [0.1, 0.15) is 42.5 Å². The van der Waals surface area contributed by atoms with Crippen molar-refractivity contribution in [2.24, 2.45) is 0 Å². The van der Waals surface area contributed by atoms with E-state index in [9.17, 15) is 9.18 Å². The summed E-state index contributed by atoms with van der Waals surface area (Å²) in [6, 6.07) is 6.58. The summed E-state index contributed by atoms with van der Waals surface area (Å²) >= 11 is 0. The molecular formula is C16H22FNO2. The van der Waals surface area contributed by atoms with Crippen LogP contribution in [0.3, 0.4) is 0 Å². The molecule has 0 unspecified atom stereocenters. The Morgan fingerprint density at radius 3 is 2.60 bits per heavy atom. The quantitative estimate of drug-likeness (QED) is 0.780. The summed E-state index contributed by atoms with van der Waals surface area (Å²) in [5.41, 5.74) is 0.169. The molecule has 0 saturated heterocycles. The third-order valence-corrected chi connectivity index (χ3v) is 4.03. The van der Waals surface area contributed by atoms with Gasteiger partial charge in [-0.3, -0.25) is 9.69 Å². The van der Waals surface area contributed by atoms with Crippen molar-refractivity contribution < 1.29 is 14.3 Å². The van der Waals surface area contributed by atoms with Crippen molar-refractivity contribution in [2.45, 2.75) is 38.1 Å². The first-order valence-corrected chi connectivity index (χ1v) is 7.35. The second kappa shape index (κ2) is 7.50. The number of rotatable bonds is 7. The molecule has 1 N–H and O–H groups in total. The van der Waals surface area contributed by atoms with E-state index in [0.29, 0.717) is 25.6 Å². The Hall–Kier alpha value is -1.26. The average molecular weight is 279 g/mol. The number of carbonyl (C=O) groups is 1. The van der Waals surface area contributed by atoms with Crippen molar-refractivity contribution in [3.8, 4) is 0 Å². The van der Waals surface area contributed by atoms with Crippen molar-refractivity contribution in [2.75, 3.05) is 19.7 Å². The molecular weight excluding hydrogens is 257 g/mol. The molecule has 0 spiro atoms. The van der Waals surface area contributed by atoms with Crippen LogP contribution in [0.25, 0.3) is 0 Å². The number of benzene rings is 1. The van der Waals surface area contributed by atoms with Crippen LogP contribution in [0.2, 0.25) is 0 Å². The van der Waals surface area contributed by atoms with Gasteiger partial charge in [0, 0.05) is 25.6 Å². The molecule has 110 valence electrons. The Kier molecular flexibility index (Phi) is 5.68. The molecule has 1 aliphatic carbocycles. The molecule has 0 aliphatic heterocycles. The number of Topliss-reactive ketones (excluding diaryl/α,β-unsaturated/α-hetero) is 1. The highest BCUT2D eigenvalue weighted by Crippen LogP contribution is 2.23. The number of nitrogens with zero attached hydrogens (tertiary/aromatic N) is 1. The fraction of sp³-hybridized carbons (Fsp3) is 0.562. The van der Waals surface area contributed by atoms with E-state index in [1.165, 1.54) is 25.0 Å². The van der Waals surface area contributed by atoms with E-state index < -0.39 is 5.82 Å². The number of carbonyl (C=O) groups excluding carboxylic acids is 1. The Labute approximate surface area is 119 Å². The fourth-order valence-electron chi connectivity index (χ4n) is 2.94. The molecule has 1 aliphatic rings. The SMILES string of the molecule is O=C(CCN(CCO)C1CCCC1)c1ccccc1F. The molecule has 1 fully saturated rings. The normalized spacial score (nSPS) is 15.9. The van der Waals surface area contributed by atoms with Gasteiger partial charge in [0.05, 0.1) is 12.2 Å². The van der Waals surface area contributed by atoms with E-state index in [4.69, 9.17) is 5.11 Å². The van der Waals surface area contributed by atoms with Crippen LogP contribution < -0.4 is 0 Å². The van der Waals surface area contributed by atoms with E-state index in [2.05, 4.69) is 4.90 Å². The van der Waals surface area contributed by atoms with Crippen LogP contribution in [-0.2, 0) is 0 Å². The average Bonchev–Trinajstić information content (AvgIpc) is 2.97. The summed E-state index contributed by atoms with van der Waals surface area (Å²) < 4.78 is 13.5. The zero-order valence-corrected chi connectivity index (χ0v) is 11.7. The predicted molar refractivity (Wildman–Crippen MR) is 76.3 cm³/mol. The molecule has 0 amide bonds. The maximum absolute atomic E-state index is 13.5. The lowest BCUT2D eigenvalue weighted by molar-refractivity contribution is 0.0930. The maximum atomic E-state index is 13.5. The first kappa shape index (κ1) is 15.1. The lowest BCUT2D eigenvalue weighted by Gasteiger charge is -2.27. The molecule has 2 rings (SSSR count). The Balaban J connectivity index is 1.91. The highest BCUT2D eigenvalue weighted by molar-refractivity contribution is 5.96.